The van der Waals surface area contributed by atoms with Crippen LogP contribution in [-0.4, -0.2) is 10.9 Å². The van der Waals surface area contributed by atoms with E-state index in [1.807, 2.05) is 6.92 Å². The standard InChI is InChI=1S/C14H18Cl2N2O/c1-9-7-11(15)17-14(16)13(9)18-12(19)8-10-5-3-2-4-6-10/h7,10H,2-6,8H2,1H3,(H,18,19). The zero-order valence-corrected chi connectivity index (χ0v) is 12.5. The molecule has 19 heavy (non-hydrogen) atoms. The highest BCUT2D eigenvalue weighted by Crippen LogP contribution is 2.29. The molecule has 1 fully saturated rings. The molecule has 0 spiro atoms. The fourth-order valence-electron chi connectivity index (χ4n) is 2.59. The molecule has 0 unspecified atom stereocenters. The van der Waals surface area contributed by atoms with Gasteiger partial charge < -0.3 is 5.32 Å². The molecule has 1 amide bonds. The van der Waals surface area contributed by atoms with E-state index in [-0.39, 0.29) is 11.1 Å². The van der Waals surface area contributed by atoms with Gasteiger partial charge in [-0.3, -0.25) is 4.79 Å². The van der Waals surface area contributed by atoms with Crippen molar-refractivity contribution in [3.8, 4) is 0 Å². The Morgan fingerprint density at radius 2 is 2.05 bits per heavy atom. The minimum absolute atomic E-state index is 0.0148. The van der Waals surface area contributed by atoms with Crippen LogP contribution in [0.3, 0.4) is 0 Å². The van der Waals surface area contributed by atoms with E-state index < -0.39 is 0 Å². The Balaban J connectivity index is 1.98. The molecule has 0 aliphatic heterocycles. The average molecular weight is 301 g/mol. The molecule has 104 valence electrons. The van der Waals surface area contributed by atoms with Crippen LogP contribution in [0.1, 0.15) is 44.1 Å². The Labute approximate surface area is 123 Å². The lowest BCUT2D eigenvalue weighted by atomic mass is 9.87. The van der Waals surface area contributed by atoms with Crippen molar-refractivity contribution in [2.24, 2.45) is 5.92 Å². The van der Waals surface area contributed by atoms with Gasteiger partial charge in [0.25, 0.3) is 0 Å². The summed E-state index contributed by atoms with van der Waals surface area (Å²) in [7, 11) is 0. The van der Waals surface area contributed by atoms with Gasteiger partial charge in [0, 0.05) is 6.42 Å². The van der Waals surface area contributed by atoms with Gasteiger partial charge in [-0.25, -0.2) is 4.98 Å². The van der Waals surface area contributed by atoms with Crippen LogP contribution in [0.5, 0.6) is 0 Å². The first kappa shape index (κ1) is 14.6. The molecule has 0 atom stereocenters. The van der Waals surface area contributed by atoms with E-state index in [0.29, 0.717) is 23.2 Å². The lowest BCUT2D eigenvalue weighted by Gasteiger charge is -2.21. The molecule has 1 aromatic heterocycles. The van der Waals surface area contributed by atoms with Gasteiger partial charge in [-0.05, 0) is 37.3 Å². The highest BCUT2D eigenvalue weighted by atomic mass is 35.5. The predicted octanol–water partition coefficient (Wildman–Crippen LogP) is 4.61. The molecule has 0 bridgehead atoms. The molecule has 5 heteroatoms. The van der Waals surface area contributed by atoms with Crippen LogP contribution in [0.2, 0.25) is 10.3 Å². The Hall–Kier alpha value is -0.800. The van der Waals surface area contributed by atoms with Crippen molar-refractivity contribution in [1.82, 2.24) is 4.98 Å². The van der Waals surface area contributed by atoms with Gasteiger partial charge in [0.15, 0.2) is 5.15 Å². The number of nitrogens with one attached hydrogen (secondary N) is 1. The third-order valence-corrected chi connectivity index (χ3v) is 4.07. The lowest BCUT2D eigenvalue weighted by molar-refractivity contribution is -0.117. The van der Waals surface area contributed by atoms with E-state index in [0.717, 1.165) is 18.4 Å². The maximum atomic E-state index is 12.0. The number of amides is 1. The highest BCUT2D eigenvalue weighted by molar-refractivity contribution is 6.34. The van der Waals surface area contributed by atoms with Crippen LogP contribution in [-0.2, 0) is 4.79 Å². The molecule has 1 aliphatic rings. The van der Waals surface area contributed by atoms with Crippen molar-refractivity contribution in [1.29, 1.82) is 0 Å². The van der Waals surface area contributed by atoms with E-state index in [9.17, 15) is 4.79 Å². The van der Waals surface area contributed by atoms with E-state index in [1.165, 1.54) is 19.3 Å². The van der Waals surface area contributed by atoms with Crippen molar-refractivity contribution < 1.29 is 4.79 Å². The summed E-state index contributed by atoms with van der Waals surface area (Å²) in [6.45, 7) is 1.86. The number of nitrogens with zero attached hydrogens (tertiary/aromatic N) is 1. The molecular formula is C14H18Cl2N2O. The van der Waals surface area contributed by atoms with Crippen molar-refractivity contribution >= 4 is 34.8 Å². The fraction of sp³-hybridized carbons (Fsp3) is 0.571. The van der Waals surface area contributed by atoms with Crippen LogP contribution >= 0.6 is 23.2 Å². The molecular weight excluding hydrogens is 283 g/mol. The molecule has 1 aromatic rings. The number of hydrogen-bond acceptors (Lipinski definition) is 2. The number of halogens is 2. The lowest BCUT2D eigenvalue weighted by Crippen LogP contribution is -2.19. The summed E-state index contributed by atoms with van der Waals surface area (Å²) < 4.78 is 0. The smallest absolute Gasteiger partial charge is 0.224 e. The highest BCUT2D eigenvalue weighted by Gasteiger charge is 2.18. The first-order valence-electron chi connectivity index (χ1n) is 6.68. The molecule has 0 radical (unpaired) electrons. The summed E-state index contributed by atoms with van der Waals surface area (Å²) in [5.74, 6) is 0.522. The van der Waals surface area contributed by atoms with Gasteiger partial charge in [0.05, 0.1) is 5.69 Å². The number of anilines is 1. The van der Waals surface area contributed by atoms with E-state index in [4.69, 9.17) is 23.2 Å². The molecule has 1 heterocycles. The normalized spacial score (nSPS) is 16.4. The van der Waals surface area contributed by atoms with E-state index in [1.54, 1.807) is 6.07 Å². The molecule has 1 saturated carbocycles. The number of aromatic nitrogens is 1. The van der Waals surface area contributed by atoms with Crippen molar-refractivity contribution in [3.63, 3.8) is 0 Å². The Morgan fingerprint density at radius 1 is 1.37 bits per heavy atom. The number of rotatable bonds is 3. The Kier molecular flexibility index (Phi) is 5.06. The van der Waals surface area contributed by atoms with Crippen LogP contribution in [0, 0.1) is 12.8 Å². The number of carbonyl (C=O) groups excluding carboxylic acids is 1. The van der Waals surface area contributed by atoms with Gasteiger partial charge in [-0.2, -0.15) is 0 Å². The summed E-state index contributed by atoms with van der Waals surface area (Å²) in [6.07, 6.45) is 6.64. The third kappa shape index (κ3) is 4.08. The zero-order chi connectivity index (χ0) is 13.8. The van der Waals surface area contributed by atoms with E-state index >= 15 is 0 Å². The molecule has 1 N–H and O–H groups in total. The second kappa shape index (κ2) is 6.58. The molecule has 0 saturated heterocycles. The number of hydrogen-bond donors (Lipinski definition) is 1. The largest absolute Gasteiger partial charge is 0.323 e. The SMILES string of the molecule is Cc1cc(Cl)nc(Cl)c1NC(=O)CC1CCCCC1. The number of aryl methyl sites for hydroxylation is 1. The summed E-state index contributed by atoms with van der Waals surface area (Å²) in [5.41, 5.74) is 1.41. The van der Waals surface area contributed by atoms with Crippen LogP contribution in [0.4, 0.5) is 5.69 Å². The first-order chi connectivity index (χ1) is 9.06. The van der Waals surface area contributed by atoms with Crippen molar-refractivity contribution in [2.75, 3.05) is 5.32 Å². The topological polar surface area (TPSA) is 42.0 Å². The molecule has 2 rings (SSSR count). The second-order valence-electron chi connectivity index (χ2n) is 5.18. The number of carbonyl (C=O) groups is 1. The maximum absolute atomic E-state index is 12.0. The molecule has 0 aromatic carbocycles. The van der Waals surface area contributed by atoms with E-state index in [2.05, 4.69) is 10.3 Å². The third-order valence-electron chi connectivity index (χ3n) is 3.60. The zero-order valence-electron chi connectivity index (χ0n) is 11.0. The predicted molar refractivity (Wildman–Crippen MR) is 78.8 cm³/mol. The summed E-state index contributed by atoms with van der Waals surface area (Å²) in [6, 6.07) is 1.70. The van der Waals surface area contributed by atoms with Crippen LogP contribution in [0.15, 0.2) is 6.07 Å². The van der Waals surface area contributed by atoms with Crippen LogP contribution < -0.4 is 5.32 Å². The molecule has 1 aliphatic carbocycles. The van der Waals surface area contributed by atoms with Gasteiger partial charge in [0.2, 0.25) is 5.91 Å². The second-order valence-corrected chi connectivity index (χ2v) is 5.93. The average Bonchev–Trinajstić information content (AvgIpc) is 2.35. The van der Waals surface area contributed by atoms with Crippen LogP contribution in [0.25, 0.3) is 0 Å². The number of pyridine rings is 1. The van der Waals surface area contributed by atoms with Gasteiger partial charge in [-0.1, -0.05) is 42.5 Å². The van der Waals surface area contributed by atoms with Crippen molar-refractivity contribution in [2.45, 2.75) is 45.4 Å². The van der Waals surface area contributed by atoms with Crippen molar-refractivity contribution in [3.05, 3.63) is 21.9 Å². The first-order valence-corrected chi connectivity index (χ1v) is 7.44. The quantitative estimate of drug-likeness (QED) is 0.829. The van der Waals surface area contributed by atoms with Gasteiger partial charge in [0.1, 0.15) is 5.15 Å². The minimum atomic E-state index is 0.0148. The maximum Gasteiger partial charge on any atom is 0.224 e. The summed E-state index contributed by atoms with van der Waals surface area (Å²) in [4.78, 5) is 16.0. The monoisotopic (exact) mass is 300 g/mol. The summed E-state index contributed by atoms with van der Waals surface area (Å²) >= 11 is 11.8. The van der Waals surface area contributed by atoms with Gasteiger partial charge in [-0.15, -0.1) is 0 Å². The fourth-order valence-corrected chi connectivity index (χ4v) is 3.17. The van der Waals surface area contributed by atoms with Gasteiger partial charge >= 0.3 is 0 Å². The Bertz CT molecular complexity index is 448. The minimum Gasteiger partial charge on any atom is -0.323 e. The molecule has 3 nitrogen and oxygen atoms in total. The summed E-state index contributed by atoms with van der Waals surface area (Å²) in [5, 5.41) is 3.45. The Morgan fingerprint density at radius 3 is 2.68 bits per heavy atom.